The number of rotatable bonds is 2. The zero-order chi connectivity index (χ0) is 9.84. The molecule has 0 aromatic heterocycles. The number of cyclic esters (lactones) is 1. The average molecular weight is 188 g/mol. The first kappa shape index (κ1) is 9.70. The van der Waals surface area contributed by atoms with E-state index in [2.05, 4.69) is 16.1 Å². The molecule has 72 valence electrons. The van der Waals surface area contributed by atoms with Crippen molar-refractivity contribution in [2.75, 3.05) is 6.61 Å². The molecule has 1 unspecified atom stereocenters. The Bertz CT molecular complexity index is 249. The van der Waals surface area contributed by atoms with Crippen LogP contribution in [0.5, 0.6) is 0 Å². The van der Waals surface area contributed by atoms with Crippen molar-refractivity contribution in [1.29, 1.82) is 0 Å². The lowest BCUT2D eigenvalue weighted by molar-refractivity contribution is -0.160. The summed E-state index contributed by atoms with van der Waals surface area (Å²) in [5.41, 5.74) is 0. The first-order valence-corrected chi connectivity index (χ1v) is 3.80. The third-order valence-electron chi connectivity index (χ3n) is 1.59. The fraction of sp³-hybridized carbons (Fsp3) is 0.500. The van der Waals surface area contributed by atoms with E-state index in [1.165, 1.54) is 0 Å². The molecule has 1 saturated heterocycles. The molecule has 1 heterocycles. The van der Waals surface area contributed by atoms with Crippen LogP contribution in [0.25, 0.3) is 0 Å². The largest absolute Gasteiger partial charge is 0.465 e. The van der Waals surface area contributed by atoms with Crippen molar-refractivity contribution in [2.45, 2.75) is 18.9 Å². The van der Waals surface area contributed by atoms with Gasteiger partial charge in [-0.1, -0.05) is 6.58 Å². The van der Waals surface area contributed by atoms with Crippen molar-refractivity contribution in [2.24, 2.45) is 0 Å². The molecule has 0 aromatic rings. The predicted octanol–water partition coefficient (Wildman–Crippen LogP) is 0.718. The van der Waals surface area contributed by atoms with Gasteiger partial charge in [-0.15, -0.1) is 0 Å². The van der Waals surface area contributed by atoms with Gasteiger partial charge in [0.2, 0.25) is 5.83 Å². The molecule has 1 rings (SSSR count). The van der Waals surface area contributed by atoms with Gasteiger partial charge in [-0.2, -0.15) is 4.39 Å². The van der Waals surface area contributed by atoms with Crippen molar-refractivity contribution in [3.8, 4) is 0 Å². The monoisotopic (exact) mass is 188 g/mol. The van der Waals surface area contributed by atoms with Crippen LogP contribution in [0.3, 0.4) is 0 Å². The lowest BCUT2D eigenvalue weighted by atomic mass is 10.1. The zero-order valence-electron chi connectivity index (χ0n) is 6.92. The van der Waals surface area contributed by atoms with Crippen molar-refractivity contribution in [1.82, 2.24) is 0 Å². The molecular weight excluding hydrogens is 179 g/mol. The Balaban J connectivity index is 2.40. The first-order valence-electron chi connectivity index (χ1n) is 3.80. The number of halogens is 1. The summed E-state index contributed by atoms with van der Waals surface area (Å²) in [5, 5.41) is 0. The topological polar surface area (TPSA) is 52.6 Å². The molecule has 0 spiro atoms. The molecule has 1 fully saturated rings. The number of hydrogen-bond acceptors (Lipinski definition) is 4. The molecule has 1 atom stereocenters. The van der Waals surface area contributed by atoms with Gasteiger partial charge in [0.25, 0.3) is 0 Å². The van der Waals surface area contributed by atoms with Crippen LogP contribution in [-0.4, -0.2) is 24.6 Å². The van der Waals surface area contributed by atoms with Gasteiger partial charge >= 0.3 is 11.9 Å². The molecule has 0 N–H and O–H groups in total. The second-order valence-corrected chi connectivity index (χ2v) is 2.65. The molecule has 0 amide bonds. The summed E-state index contributed by atoms with van der Waals surface area (Å²) in [5.74, 6) is -2.70. The first-order chi connectivity index (χ1) is 6.09. The fourth-order valence-electron chi connectivity index (χ4n) is 0.967. The van der Waals surface area contributed by atoms with E-state index in [0.717, 1.165) is 0 Å². The molecule has 13 heavy (non-hydrogen) atoms. The zero-order valence-corrected chi connectivity index (χ0v) is 6.92. The summed E-state index contributed by atoms with van der Waals surface area (Å²) in [7, 11) is 0. The summed E-state index contributed by atoms with van der Waals surface area (Å²) in [4.78, 5) is 21.4. The van der Waals surface area contributed by atoms with Gasteiger partial charge in [-0.3, -0.25) is 4.79 Å². The van der Waals surface area contributed by atoms with E-state index in [9.17, 15) is 14.0 Å². The van der Waals surface area contributed by atoms with Crippen LogP contribution >= 0.6 is 0 Å². The van der Waals surface area contributed by atoms with Crippen molar-refractivity contribution < 1.29 is 23.5 Å². The molecule has 5 heteroatoms. The Morgan fingerprint density at radius 1 is 1.69 bits per heavy atom. The highest BCUT2D eigenvalue weighted by molar-refractivity contribution is 5.85. The predicted molar refractivity (Wildman–Crippen MR) is 40.3 cm³/mol. The smallest absolute Gasteiger partial charge is 0.366 e. The lowest BCUT2D eigenvalue weighted by Gasteiger charge is -2.20. The van der Waals surface area contributed by atoms with E-state index in [-0.39, 0.29) is 13.0 Å². The molecule has 0 aromatic carbocycles. The molecule has 0 aliphatic carbocycles. The van der Waals surface area contributed by atoms with Crippen LogP contribution < -0.4 is 0 Å². The number of esters is 2. The van der Waals surface area contributed by atoms with Gasteiger partial charge in [0.15, 0.2) is 0 Å². The van der Waals surface area contributed by atoms with Crippen LogP contribution in [0, 0.1) is 0 Å². The molecule has 4 nitrogen and oxygen atoms in total. The standard InChI is InChI=1S/C8H9FO4/c1-5(9)8(11)13-6-2-3-12-7(10)4-6/h6H,1-4H2. The van der Waals surface area contributed by atoms with E-state index in [4.69, 9.17) is 0 Å². The van der Waals surface area contributed by atoms with Crippen molar-refractivity contribution in [3.05, 3.63) is 12.4 Å². The van der Waals surface area contributed by atoms with Crippen LogP contribution in [-0.2, 0) is 19.1 Å². The average Bonchev–Trinajstić information content (AvgIpc) is 2.04. The summed E-state index contributed by atoms with van der Waals surface area (Å²) >= 11 is 0. The van der Waals surface area contributed by atoms with Gasteiger partial charge in [0.1, 0.15) is 6.10 Å². The van der Waals surface area contributed by atoms with Crippen LogP contribution in [0.1, 0.15) is 12.8 Å². The number of hydrogen-bond donors (Lipinski definition) is 0. The van der Waals surface area contributed by atoms with Crippen molar-refractivity contribution >= 4 is 11.9 Å². The number of ether oxygens (including phenoxy) is 2. The quantitative estimate of drug-likeness (QED) is 0.473. The van der Waals surface area contributed by atoms with Gasteiger partial charge in [-0.25, -0.2) is 4.79 Å². The molecule has 0 radical (unpaired) electrons. The Kier molecular flexibility index (Phi) is 3.00. The van der Waals surface area contributed by atoms with Gasteiger partial charge in [0.05, 0.1) is 13.0 Å². The highest BCUT2D eigenvalue weighted by Gasteiger charge is 2.24. The van der Waals surface area contributed by atoms with Gasteiger partial charge < -0.3 is 9.47 Å². The maximum absolute atomic E-state index is 12.2. The molecule has 1 aliphatic heterocycles. The van der Waals surface area contributed by atoms with Crippen LogP contribution in [0.4, 0.5) is 4.39 Å². The molecule has 0 bridgehead atoms. The summed E-state index contributed by atoms with van der Waals surface area (Å²) in [6.45, 7) is 2.99. The molecule has 1 aliphatic rings. The van der Waals surface area contributed by atoms with E-state index in [1.807, 2.05) is 0 Å². The van der Waals surface area contributed by atoms with E-state index in [0.29, 0.717) is 6.42 Å². The van der Waals surface area contributed by atoms with Gasteiger partial charge in [0, 0.05) is 6.42 Å². The van der Waals surface area contributed by atoms with Gasteiger partial charge in [-0.05, 0) is 0 Å². The highest BCUT2D eigenvalue weighted by Crippen LogP contribution is 2.13. The summed E-state index contributed by atoms with van der Waals surface area (Å²) < 4.78 is 21.4. The third-order valence-corrected chi connectivity index (χ3v) is 1.59. The van der Waals surface area contributed by atoms with E-state index < -0.39 is 23.9 Å². The second kappa shape index (κ2) is 4.02. The molecule has 0 saturated carbocycles. The van der Waals surface area contributed by atoms with Crippen molar-refractivity contribution in [3.63, 3.8) is 0 Å². The van der Waals surface area contributed by atoms with Crippen LogP contribution in [0.2, 0.25) is 0 Å². The number of carbonyl (C=O) groups excluding carboxylic acids is 2. The Morgan fingerprint density at radius 2 is 2.38 bits per heavy atom. The second-order valence-electron chi connectivity index (χ2n) is 2.65. The molecular formula is C8H9FO4. The van der Waals surface area contributed by atoms with E-state index in [1.54, 1.807) is 0 Å². The summed E-state index contributed by atoms with van der Waals surface area (Å²) in [6.07, 6.45) is -0.190. The minimum absolute atomic E-state index is 0.0149. The van der Waals surface area contributed by atoms with Crippen LogP contribution in [0.15, 0.2) is 12.4 Å². The Morgan fingerprint density at radius 3 is 2.92 bits per heavy atom. The number of carbonyl (C=O) groups is 2. The minimum Gasteiger partial charge on any atom is -0.465 e. The lowest BCUT2D eigenvalue weighted by Crippen LogP contribution is -2.29. The minimum atomic E-state index is -1.15. The maximum Gasteiger partial charge on any atom is 0.366 e. The van der Waals surface area contributed by atoms with E-state index >= 15 is 0 Å². The highest BCUT2D eigenvalue weighted by atomic mass is 19.1. The Labute approximate surface area is 74.3 Å². The third kappa shape index (κ3) is 2.85. The fourth-order valence-corrected chi connectivity index (χ4v) is 0.967. The maximum atomic E-state index is 12.2. The Hall–Kier alpha value is -1.39. The SMILES string of the molecule is C=C(F)C(=O)OC1CCOC(=O)C1. The normalized spacial score (nSPS) is 21.9. The summed E-state index contributed by atoms with van der Waals surface area (Å²) in [6, 6.07) is 0.